The second-order valence-electron chi connectivity index (χ2n) is 18.3. The first kappa shape index (κ1) is 36.3. The Kier molecular flexibility index (Phi) is 7.49. The van der Waals surface area contributed by atoms with Crippen molar-refractivity contribution < 1.29 is 8.83 Å². The highest BCUT2D eigenvalue weighted by Gasteiger charge is 2.37. The summed E-state index contributed by atoms with van der Waals surface area (Å²) >= 11 is 0. The van der Waals surface area contributed by atoms with E-state index >= 15 is 0 Å². The van der Waals surface area contributed by atoms with Crippen LogP contribution in [0.2, 0.25) is 0 Å². The first-order valence-corrected chi connectivity index (χ1v) is 22.6. The van der Waals surface area contributed by atoms with Crippen molar-refractivity contribution in [3.63, 3.8) is 0 Å². The highest BCUT2D eigenvalue weighted by atomic mass is 16.3. The van der Waals surface area contributed by atoms with Gasteiger partial charge in [0.2, 0.25) is 0 Å². The fourth-order valence-corrected chi connectivity index (χ4v) is 11.4. The molecule has 0 saturated heterocycles. The topological polar surface area (TPSA) is 26.3 Å². The Balaban J connectivity index is 0.904. The maximum absolute atomic E-state index is 6.56. The molecule has 2 heteroatoms. The van der Waals surface area contributed by atoms with Gasteiger partial charge in [-0.15, -0.1) is 0 Å². The van der Waals surface area contributed by atoms with Gasteiger partial charge >= 0.3 is 0 Å². The normalized spacial score (nSPS) is 13.2. The van der Waals surface area contributed by atoms with Gasteiger partial charge in [0.1, 0.15) is 22.3 Å². The number of rotatable bonds is 4. The molecule has 304 valence electrons. The van der Waals surface area contributed by atoms with E-state index in [1.807, 2.05) is 12.1 Å². The van der Waals surface area contributed by atoms with Crippen molar-refractivity contribution >= 4 is 76.2 Å². The molecule has 0 fully saturated rings. The number of fused-ring (bicyclic) bond motifs is 13. The SMILES string of the molecule is CC1(C)c2ccc(-c3ccc4oc5ccc(-c6c7ccccc7c(-c7cccc(-c8ccc9oc%10ccccc%10c9c8)c7)c7ccccc67)cc5c4c3)cc2-c2ccc3ccccc3c21. The monoisotopic (exact) mass is 828 g/mol. The van der Waals surface area contributed by atoms with Gasteiger partial charge in [-0.1, -0.05) is 166 Å². The van der Waals surface area contributed by atoms with E-state index in [-0.39, 0.29) is 5.41 Å². The van der Waals surface area contributed by atoms with Crippen LogP contribution in [-0.2, 0) is 5.41 Å². The van der Waals surface area contributed by atoms with Crippen molar-refractivity contribution in [3.8, 4) is 55.6 Å². The molecule has 65 heavy (non-hydrogen) atoms. The Morgan fingerprint density at radius 3 is 1.38 bits per heavy atom. The molecular weight excluding hydrogens is 789 g/mol. The summed E-state index contributed by atoms with van der Waals surface area (Å²) in [6.07, 6.45) is 0. The van der Waals surface area contributed by atoms with Crippen LogP contribution in [-0.4, -0.2) is 0 Å². The van der Waals surface area contributed by atoms with Crippen molar-refractivity contribution in [2.24, 2.45) is 0 Å². The van der Waals surface area contributed by atoms with E-state index in [9.17, 15) is 0 Å². The Morgan fingerprint density at radius 2 is 0.738 bits per heavy atom. The molecule has 2 aromatic heterocycles. The Bertz CT molecular complexity index is 4100. The summed E-state index contributed by atoms with van der Waals surface area (Å²) < 4.78 is 12.7. The minimum atomic E-state index is -0.0891. The summed E-state index contributed by atoms with van der Waals surface area (Å²) in [4.78, 5) is 0. The molecule has 0 saturated carbocycles. The summed E-state index contributed by atoms with van der Waals surface area (Å²) in [6.45, 7) is 4.74. The summed E-state index contributed by atoms with van der Waals surface area (Å²) in [5, 5.41) is 12.0. The molecule has 0 N–H and O–H groups in total. The van der Waals surface area contributed by atoms with E-state index in [0.717, 1.165) is 43.9 Å². The second-order valence-corrected chi connectivity index (χ2v) is 18.3. The molecule has 13 aromatic rings. The Morgan fingerprint density at radius 1 is 0.292 bits per heavy atom. The van der Waals surface area contributed by atoms with Crippen molar-refractivity contribution in [3.05, 3.63) is 217 Å². The van der Waals surface area contributed by atoms with Crippen LogP contribution < -0.4 is 0 Å². The zero-order valence-corrected chi connectivity index (χ0v) is 35.9. The zero-order valence-electron chi connectivity index (χ0n) is 35.9. The second kappa shape index (κ2) is 13.4. The number of hydrogen-bond donors (Lipinski definition) is 0. The molecule has 0 bridgehead atoms. The van der Waals surface area contributed by atoms with E-state index in [4.69, 9.17) is 8.83 Å². The van der Waals surface area contributed by atoms with Gasteiger partial charge < -0.3 is 8.83 Å². The summed E-state index contributed by atoms with van der Waals surface area (Å²) in [7, 11) is 0. The number of benzene rings is 11. The number of para-hydroxylation sites is 1. The van der Waals surface area contributed by atoms with E-state index in [1.54, 1.807) is 0 Å². The fourth-order valence-electron chi connectivity index (χ4n) is 11.4. The maximum atomic E-state index is 6.56. The maximum Gasteiger partial charge on any atom is 0.135 e. The van der Waals surface area contributed by atoms with E-state index in [2.05, 4.69) is 208 Å². The van der Waals surface area contributed by atoms with Crippen LogP contribution >= 0.6 is 0 Å². The molecule has 0 aliphatic heterocycles. The minimum absolute atomic E-state index is 0.0891. The lowest BCUT2D eigenvalue weighted by Crippen LogP contribution is -2.15. The van der Waals surface area contributed by atoms with Crippen molar-refractivity contribution in [1.82, 2.24) is 0 Å². The van der Waals surface area contributed by atoms with E-state index in [1.165, 1.54) is 99.1 Å². The fraction of sp³-hybridized carbons (Fsp3) is 0.0476. The summed E-state index contributed by atoms with van der Waals surface area (Å²) in [5.41, 5.74) is 18.5. The van der Waals surface area contributed by atoms with Gasteiger partial charge in [-0.3, -0.25) is 0 Å². The van der Waals surface area contributed by atoms with Crippen LogP contribution in [0.25, 0.3) is 132 Å². The molecule has 2 heterocycles. The first-order valence-electron chi connectivity index (χ1n) is 22.6. The molecule has 0 unspecified atom stereocenters. The predicted molar refractivity (Wildman–Crippen MR) is 273 cm³/mol. The first-order chi connectivity index (χ1) is 32.0. The third-order valence-electron chi connectivity index (χ3n) is 14.4. The molecule has 0 radical (unpaired) electrons. The van der Waals surface area contributed by atoms with Gasteiger partial charge in [0, 0.05) is 27.0 Å². The average molecular weight is 829 g/mol. The lowest BCUT2D eigenvalue weighted by atomic mass is 9.80. The molecule has 0 spiro atoms. The highest BCUT2D eigenvalue weighted by molar-refractivity contribution is 6.22. The third kappa shape index (κ3) is 5.29. The van der Waals surface area contributed by atoms with Crippen molar-refractivity contribution in [1.29, 1.82) is 0 Å². The Labute approximate surface area is 375 Å². The summed E-state index contributed by atoms with van der Waals surface area (Å²) in [6, 6.07) is 75.5. The largest absolute Gasteiger partial charge is 0.456 e. The molecule has 1 aliphatic carbocycles. The van der Waals surface area contributed by atoms with Gasteiger partial charge in [-0.05, 0) is 154 Å². The third-order valence-corrected chi connectivity index (χ3v) is 14.4. The average Bonchev–Trinajstić information content (AvgIpc) is 3.99. The molecular formula is C63H40O2. The van der Waals surface area contributed by atoms with Crippen LogP contribution in [0.15, 0.2) is 215 Å². The zero-order chi connectivity index (χ0) is 43.0. The van der Waals surface area contributed by atoms with Gasteiger partial charge in [0.05, 0.1) is 0 Å². The van der Waals surface area contributed by atoms with E-state index < -0.39 is 0 Å². The van der Waals surface area contributed by atoms with Crippen LogP contribution in [0.5, 0.6) is 0 Å². The van der Waals surface area contributed by atoms with E-state index in [0.29, 0.717) is 0 Å². The quantitative estimate of drug-likeness (QED) is 0.165. The number of furan rings is 2. The van der Waals surface area contributed by atoms with Gasteiger partial charge in [0.25, 0.3) is 0 Å². The number of hydrogen-bond acceptors (Lipinski definition) is 2. The lowest BCUT2D eigenvalue weighted by Gasteiger charge is -2.23. The molecule has 11 aromatic carbocycles. The predicted octanol–water partition coefficient (Wildman–Crippen LogP) is 17.9. The molecule has 2 nitrogen and oxygen atoms in total. The van der Waals surface area contributed by atoms with Gasteiger partial charge in [0.15, 0.2) is 0 Å². The minimum Gasteiger partial charge on any atom is -0.456 e. The van der Waals surface area contributed by atoms with Crippen molar-refractivity contribution in [2.75, 3.05) is 0 Å². The van der Waals surface area contributed by atoms with Crippen LogP contribution in [0.3, 0.4) is 0 Å². The van der Waals surface area contributed by atoms with Crippen LogP contribution in [0, 0.1) is 0 Å². The smallest absolute Gasteiger partial charge is 0.135 e. The Hall–Kier alpha value is -8.20. The molecule has 0 atom stereocenters. The molecule has 1 aliphatic rings. The molecule has 0 amide bonds. The molecule has 14 rings (SSSR count). The highest BCUT2D eigenvalue weighted by Crippen LogP contribution is 2.53. The van der Waals surface area contributed by atoms with Crippen LogP contribution in [0.4, 0.5) is 0 Å². The lowest BCUT2D eigenvalue weighted by molar-refractivity contribution is 0.666. The standard InChI is InChI=1S/C63H40O2/c1-63(2)55-28-23-39(33-51(55)50-27-22-37-12-3-4-15-44(37)62(50)63)41-25-30-58-53(35-41)54-36-43(26-31-59(54)65-58)61-48-19-7-5-17-46(48)60(47-18-6-8-20-49(47)61)42-14-11-13-38(32-42)40-24-29-57-52(34-40)45-16-9-10-21-56(45)64-57/h3-36H,1-2H3. The summed E-state index contributed by atoms with van der Waals surface area (Å²) in [5.74, 6) is 0. The van der Waals surface area contributed by atoms with Gasteiger partial charge in [-0.2, -0.15) is 0 Å². The van der Waals surface area contributed by atoms with Crippen LogP contribution in [0.1, 0.15) is 25.0 Å². The van der Waals surface area contributed by atoms with Crippen molar-refractivity contribution in [2.45, 2.75) is 19.3 Å². The van der Waals surface area contributed by atoms with Gasteiger partial charge in [-0.25, -0.2) is 0 Å².